The van der Waals surface area contributed by atoms with E-state index < -0.39 is 29.5 Å². The van der Waals surface area contributed by atoms with Crippen molar-refractivity contribution in [3.63, 3.8) is 0 Å². The van der Waals surface area contributed by atoms with Crippen LogP contribution < -0.4 is 14.4 Å². The number of ketones is 1. The summed E-state index contributed by atoms with van der Waals surface area (Å²) in [6, 6.07) is 16.5. The summed E-state index contributed by atoms with van der Waals surface area (Å²) >= 11 is 6.35. The Labute approximate surface area is 212 Å². The zero-order valence-corrected chi connectivity index (χ0v) is 20.4. The van der Waals surface area contributed by atoms with Crippen LogP contribution in [0.2, 0.25) is 5.02 Å². The number of amides is 1. The molecule has 0 aromatic heterocycles. The van der Waals surface area contributed by atoms with Crippen molar-refractivity contribution in [3.05, 3.63) is 94.0 Å². The summed E-state index contributed by atoms with van der Waals surface area (Å²) in [4.78, 5) is 40.1. The molecule has 0 bridgehead atoms. The van der Waals surface area contributed by atoms with Crippen LogP contribution in [-0.2, 0) is 14.3 Å². The molecule has 9 heteroatoms. The lowest BCUT2D eigenvalue weighted by atomic mass is 9.94. The molecular formula is C27H22ClNO7. The normalized spacial score (nSPS) is 16.7. The van der Waals surface area contributed by atoms with E-state index in [4.69, 9.17) is 25.8 Å². The van der Waals surface area contributed by atoms with Gasteiger partial charge in [0.1, 0.15) is 17.3 Å². The number of carbonyl (C=O) groups excluding carboxylic acids is 3. The van der Waals surface area contributed by atoms with Crippen molar-refractivity contribution in [2.45, 2.75) is 6.04 Å². The summed E-state index contributed by atoms with van der Waals surface area (Å²) in [5.74, 6) is -1.97. The Balaban J connectivity index is 1.98. The molecule has 1 aliphatic heterocycles. The summed E-state index contributed by atoms with van der Waals surface area (Å²) in [6.45, 7) is 0. The van der Waals surface area contributed by atoms with Crippen LogP contribution in [0.5, 0.6) is 11.5 Å². The van der Waals surface area contributed by atoms with E-state index >= 15 is 0 Å². The smallest absolute Gasteiger partial charge is 0.337 e. The maximum atomic E-state index is 13.4. The van der Waals surface area contributed by atoms with Crippen LogP contribution in [0.25, 0.3) is 5.76 Å². The molecule has 1 atom stereocenters. The number of aliphatic hydroxyl groups is 1. The molecule has 0 spiro atoms. The number of aliphatic hydroxyl groups excluding tert-OH is 1. The predicted octanol–water partition coefficient (Wildman–Crippen LogP) is 4.77. The van der Waals surface area contributed by atoms with Gasteiger partial charge in [-0.15, -0.1) is 0 Å². The van der Waals surface area contributed by atoms with E-state index in [9.17, 15) is 19.5 Å². The highest BCUT2D eigenvalue weighted by Gasteiger charge is 2.47. The summed E-state index contributed by atoms with van der Waals surface area (Å²) < 4.78 is 15.4. The van der Waals surface area contributed by atoms with Crippen molar-refractivity contribution < 1.29 is 33.7 Å². The molecule has 1 N–H and O–H groups in total. The van der Waals surface area contributed by atoms with E-state index in [-0.39, 0.29) is 27.4 Å². The molecule has 3 aromatic rings. The fourth-order valence-corrected chi connectivity index (χ4v) is 4.29. The van der Waals surface area contributed by atoms with E-state index in [1.165, 1.54) is 50.5 Å². The first-order chi connectivity index (χ1) is 17.3. The van der Waals surface area contributed by atoms with Gasteiger partial charge in [0.15, 0.2) is 0 Å². The van der Waals surface area contributed by atoms with E-state index in [0.717, 1.165) is 0 Å². The highest BCUT2D eigenvalue weighted by molar-refractivity contribution is 6.52. The second kappa shape index (κ2) is 10.1. The Morgan fingerprint density at radius 3 is 2.31 bits per heavy atom. The topological polar surface area (TPSA) is 102 Å². The van der Waals surface area contributed by atoms with Crippen molar-refractivity contribution in [2.24, 2.45) is 0 Å². The van der Waals surface area contributed by atoms with Crippen molar-refractivity contribution >= 4 is 40.7 Å². The van der Waals surface area contributed by atoms with Crippen LogP contribution in [0.1, 0.15) is 27.5 Å². The Hall–Kier alpha value is -4.30. The lowest BCUT2D eigenvalue weighted by Gasteiger charge is -2.26. The first kappa shape index (κ1) is 24.8. The van der Waals surface area contributed by atoms with Gasteiger partial charge in [-0.2, -0.15) is 0 Å². The number of methoxy groups -OCH3 is 3. The molecule has 1 heterocycles. The Bertz CT molecular complexity index is 1400. The number of anilines is 1. The van der Waals surface area contributed by atoms with E-state index in [2.05, 4.69) is 0 Å². The Morgan fingerprint density at radius 2 is 1.61 bits per heavy atom. The quantitative estimate of drug-likeness (QED) is 0.222. The van der Waals surface area contributed by atoms with Crippen LogP contribution in [0.4, 0.5) is 5.69 Å². The molecule has 0 saturated carbocycles. The molecule has 8 nitrogen and oxygen atoms in total. The first-order valence-corrected chi connectivity index (χ1v) is 11.2. The molecule has 4 rings (SSSR count). The third kappa shape index (κ3) is 4.38. The van der Waals surface area contributed by atoms with Crippen LogP contribution in [0, 0.1) is 0 Å². The zero-order valence-electron chi connectivity index (χ0n) is 19.7. The largest absolute Gasteiger partial charge is 0.507 e. The number of rotatable bonds is 6. The third-order valence-electron chi connectivity index (χ3n) is 5.83. The zero-order chi connectivity index (χ0) is 26.0. The lowest BCUT2D eigenvalue weighted by molar-refractivity contribution is -0.132. The molecule has 1 aliphatic rings. The molecule has 0 aliphatic carbocycles. The van der Waals surface area contributed by atoms with Gasteiger partial charge in [0.05, 0.1) is 43.5 Å². The van der Waals surface area contributed by atoms with Crippen LogP contribution in [0.15, 0.2) is 72.3 Å². The van der Waals surface area contributed by atoms with Crippen LogP contribution in [-0.4, -0.2) is 44.1 Å². The number of hydrogen-bond donors (Lipinski definition) is 1. The monoisotopic (exact) mass is 507 g/mol. The van der Waals surface area contributed by atoms with Gasteiger partial charge in [-0.05, 0) is 54.1 Å². The van der Waals surface area contributed by atoms with Gasteiger partial charge >= 0.3 is 5.97 Å². The number of halogens is 1. The van der Waals surface area contributed by atoms with Gasteiger partial charge in [-0.1, -0.05) is 29.8 Å². The molecule has 1 unspecified atom stereocenters. The fourth-order valence-electron chi connectivity index (χ4n) is 4.08. The van der Waals surface area contributed by atoms with Gasteiger partial charge in [0.25, 0.3) is 11.7 Å². The molecule has 3 aromatic carbocycles. The van der Waals surface area contributed by atoms with Crippen molar-refractivity contribution in [3.8, 4) is 11.5 Å². The maximum absolute atomic E-state index is 13.4. The van der Waals surface area contributed by atoms with Gasteiger partial charge in [-0.25, -0.2) is 4.79 Å². The molecule has 184 valence electrons. The van der Waals surface area contributed by atoms with E-state index in [1.54, 1.807) is 42.5 Å². The standard InChI is InChI=1S/C27H22ClNO7/c1-34-18-9-5-6-15(13-18)23-22(24(30)20-14-19(35-2)10-11-21(20)28)25(31)26(32)29(23)17-8-4-7-16(12-17)27(33)36-3/h4-14,23,30H,1-3H3/b24-22+. The van der Waals surface area contributed by atoms with E-state index in [1.807, 2.05) is 0 Å². The predicted molar refractivity (Wildman–Crippen MR) is 134 cm³/mol. The molecule has 1 fully saturated rings. The first-order valence-electron chi connectivity index (χ1n) is 10.8. The minimum absolute atomic E-state index is 0.130. The average Bonchev–Trinajstić information content (AvgIpc) is 3.18. The Kier molecular flexibility index (Phi) is 6.98. The number of ether oxygens (including phenoxy) is 3. The molecule has 1 saturated heterocycles. The number of benzene rings is 3. The fraction of sp³-hybridized carbons (Fsp3) is 0.148. The minimum Gasteiger partial charge on any atom is -0.507 e. The molecular weight excluding hydrogens is 486 g/mol. The number of nitrogens with zero attached hydrogens (tertiary/aromatic N) is 1. The van der Waals surface area contributed by atoms with Gasteiger partial charge in [0, 0.05) is 11.3 Å². The number of hydrogen-bond acceptors (Lipinski definition) is 7. The highest BCUT2D eigenvalue weighted by Crippen LogP contribution is 2.44. The number of esters is 1. The molecule has 1 amide bonds. The summed E-state index contributed by atoms with van der Waals surface area (Å²) in [5, 5.41) is 11.5. The van der Waals surface area contributed by atoms with Crippen molar-refractivity contribution in [2.75, 3.05) is 26.2 Å². The summed E-state index contributed by atoms with van der Waals surface area (Å²) in [5.41, 5.74) is 0.912. The Morgan fingerprint density at radius 1 is 0.917 bits per heavy atom. The van der Waals surface area contributed by atoms with Gasteiger partial charge in [0.2, 0.25) is 0 Å². The average molecular weight is 508 g/mol. The van der Waals surface area contributed by atoms with E-state index in [0.29, 0.717) is 17.1 Å². The summed E-state index contributed by atoms with van der Waals surface area (Å²) in [7, 11) is 4.19. The number of Topliss-reactive ketones (excluding diaryl/α,β-unsaturated/α-hetero) is 1. The lowest BCUT2D eigenvalue weighted by Crippen LogP contribution is -2.29. The minimum atomic E-state index is -1.05. The van der Waals surface area contributed by atoms with Crippen molar-refractivity contribution in [1.82, 2.24) is 0 Å². The summed E-state index contributed by atoms with van der Waals surface area (Å²) in [6.07, 6.45) is 0. The molecule has 36 heavy (non-hydrogen) atoms. The number of carbonyl (C=O) groups is 3. The SMILES string of the molecule is COC(=O)c1cccc(N2C(=O)C(=O)/C(=C(/O)c3cc(OC)ccc3Cl)C2c2cccc(OC)c2)c1. The van der Waals surface area contributed by atoms with Crippen molar-refractivity contribution in [1.29, 1.82) is 0 Å². The second-order valence-corrected chi connectivity index (χ2v) is 8.24. The van der Waals surface area contributed by atoms with Gasteiger partial charge < -0.3 is 19.3 Å². The van der Waals surface area contributed by atoms with Gasteiger partial charge in [-0.3, -0.25) is 14.5 Å². The highest BCUT2D eigenvalue weighted by atomic mass is 35.5. The molecule has 0 radical (unpaired) electrons. The second-order valence-electron chi connectivity index (χ2n) is 7.83. The maximum Gasteiger partial charge on any atom is 0.337 e. The van der Waals surface area contributed by atoms with Crippen LogP contribution in [0.3, 0.4) is 0 Å². The van der Waals surface area contributed by atoms with Crippen LogP contribution >= 0.6 is 11.6 Å². The third-order valence-corrected chi connectivity index (χ3v) is 6.16.